The molecule has 0 fully saturated rings. The SMILES string of the molecule is O=C(O)c1ccc(NCCc2cccc(F)c2)o1. The summed E-state index contributed by atoms with van der Waals surface area (Å²) in [7, 11) is 0. The van der Waals surface area contributed by atoms with Gasteiger partial charge in [-0.2, -0.15) is 0 Å². The van der Waals surface area contributed by atoms with E-state index >= 15 is 0 Å². The van der Waals surface area contributed by atoms with Crippen LogP contribution in [0.1, 0.15) is 16.1 Å². The Morgan fingerprint density at radius 3 is 2.83 bits per heavy atom. The van der Waals surface area contributed by atoms with E-state index in [9.17, 15) is 9.18 Å². The molecule has 5 heteroatoms. The topological polar surface area (TPSA) is 62.5 Å². The number of rotatable bonds is 5. The average Bonchev–Trinajstić information content (AvgIpc) is 2.78. The summed E-state index contributed by atoms with van der Waals surface area (Å²) in [4.78, 5) is 10.6. The van der Waals surface area contributed by atoms with Crippen molar-refractivity contribution in [3.8, 4) is 0 Å². The second-order valence-corrected chi connectivity index (χ2v) is 3.78. The van der Waals surface area contributed by atoms with Gasteiger partial charge in [-0.1, -0.05) is 12.1 Å². The fourth-order valence-electron chi connectivity index (χ4n) is 1.57. The molecule has 0 amide bonds. The third-order valence-corrected chi connectivity index (χ3v) is 2.42. The smallest absolute Gasteiger partial charge is 0.371 e. The highest BCUT2D eigenvalue weighted by molar-refractivity contribution is 5.84. The molecule has 94 valence electrons. The molecule has 2 N–H and O–H groups in total. The predicted octanol–water partition coefficient (Wildman–Crippen LogP) is 2.77. The summed E-state index contributed by atoms with van der Waals surface area (Å²) in [5.74, 6) is -1.08. The lowest BCUT2D eigenvalue weighted by Crippen LogP contribution is -2.04. The summed E-state index contributed by atoms with van der Waals surface area (Å²) in [6.07, 6.45) is 0.626. The number of hydrogen-bond donors (Lipinski definition) is 2. The summed E-state index contributed by atoms with van der Waals surface area (Å²) in [5, 5.41) is 11.6. The number of carboxylic acid groups (broad SMARTS) is 1. The number of carboxylic acids is 1. The fraction of sp³-hybridized carbons (Fsp3) is 0.154. The lowest BCUT2D eigenvalue weighted by molar-refractivity contribution is 0.0663. The highest BCUT2D eigenvalue weighted by Gasteiger charge is 2.08. The molecule has 0 bridgehead atoms. The monoisotopic (exact) mass is 249 g/mol. The zero-order valence-electron chi connectivity index (χ0n) is 9.52. The third-order valence-electron chi connectivity index (χ3n) is 2.42. The summed E-state index contributed by atoms with van der Waals surface area (Å²) < 4.78 is 17.9. The van der Waals surface area contributed by atoms with Crippen molar-refractivity contribution in [1.82, 2.24) is 0 Å². The second-order valence-electron chi connectivity index (χ2n) is 3.78. The number of furan rings is 1. The molecule has 1 heterocycles. The molecule has 0 saturated carbocycles. The predicted molar refractivity (Wildman–Crippen MR) is 64.3 cm³/mol. The van der Waals surface area contributed by atoms with E-state index in [-0.39, 0.29) is 11.6 Å². The van der Waals surface area contributed by atoms with E-state index in [1.54, 1.807) is 12.1 Å². The van der Waals surface area contributed by atoms with E-state index in [0.717, 1.165) is 5.56 Å². The summed E-state index contributed by atoms with van der Waals surface area (Å²) in [6, 6.07) is 9.27. The average molecular weight is 249 g/mol. The lowest BCUT2D eigenvalue weighted by atomic mass is 10.1. The van der Waals surface area contributed by atoms with Crippen molar-refractivity contribution < 1.29 is 18.7 Å². The summed E-state index contributed by atoms with van der Waals surface area (Å²) in [5.41, 5.74) is 0.868. The molecule has 0 radical (unpaired) electrons. The first-order valence-electron chi connectivity index (χ1n) is 5.46. The number of nitrogens with one attached hydrogen (secondary N) is 1. The van der Waals surface area contributed by atoms with Crippen molar-refractivity contribution in [2.75, 3.05) is 11.9 Å². The molecular formula is C13H12FNO3. The van der Waals surface area contributed by atoms with E-state index < -0.39 is 5.97 Å². The number of aromatic carboxylic acids is 1. The van der Waals surface area contributed by atoms with Crippen LogP contribution in [0.15, 0.2) is 40.8 Å². The first-order valence-corrected chi connectivity index (χ1v) is 5.46. The van der Waals surface area contributed by atoms with Crippen LogP contribution in [0.2, 0.25) is 0 Å². The van der Waals surface area contributed by atoms with Crippen molar-refractivity contribution in [2.24, 2.45) is 0 Å². The first kappa shape index (κ1) is 12.2. The van der Waals surface area contributed by atoms with E-state index in [0.29, 0.717) is 18.8 Å². The Balaban J connectivity index is 1.86. The molecule has 4 nitrogen and oxygen atoms in total. The van der Waals surface area contributed by atoms with Crippen LogP contribution in [0.4, 0.5) is 10.3 Å². The van der Waals surface area contributed by atoms with Gasteiger partial charge in [0.1, 0.15) is 5.82 Å². The van der Waals surface area contributed by atoms with Gasteiger partial charge in [0.2, 0.25) is 5.76 Å². The van der Waals surface area contributed by atoms with Gasteiger partial charge >= 0.3 is 5.97 Å². The van der Waals surface area contributed by atoms with Crippen LogP contribution in [0.3, 0.4) is 0 Å². The van der Waals surface area contributed by atoms with Gasteiger partial charge in [0, 0.05) is 12.6 Å². The van der Waals surface area contributed by atoms with Gasteiger partial charge in [-0.15, -0.1) is 0 Å². The molecule has 2 rings (SSSR count). The summed E-state index contributed by atoms with van der Waals surface area (Å²) >= 11 is 0. The first-order chi connectivity index (χ1) is 8.65. The number of carbonyl (C=O) groups is 1. The van der Waals surface area contributed by atoms with Crippen LogP contribution in [0.25, 0.3) is 0 Å². The molecule has 0 atom stereocenters. The van der Waals surface area contributed by atoms with Crippen molar-refractivity contribution in [3.63, 3.8) is 0 Å². The van der Waals surface area contributed by atoms with Crippen LogP contribution in [0, 0.1) is 5.82 Å². The highest BCUT2D eigenvalue weighted by Crippen LogP contribution is 2.13. The number of anilines is 1. The molecule has 0 saturated heterocycles. The van der Waals surface area contributed by atoms with Crippen molar-refractivity contribution in [1.29, 1.82) is 0 Å². The minimum absolute atomic E-state index is 0.108. The maximum absolute atomic E-state index is 12.9. The Labute approximate surface area is 103 Å². The molecule has 2 aromatic rings. The minimum Gasteiger partial charge on any atom is -0.475 e. The molecule has 1 aromatic heterocycles. The Bertz CT molecular complexity index is 551. The Hall–Kier alpha value is -2.30. The summed E-state index contributed by atoms with van der Waals surface area (Å²) in [6.45, 7) is 0.538. The Kier molecular flexibility index (Phi) is 3.62. The van der Waals surface area contributed by atoms with Gasteiger partial charge in [-0.3, -0.25) is 0 Å². The highest BCUT2D eigenvalue weighted by atomic mass is 19.1. The van der Waals surface area contributed by atoms with Gasteiger partial charge in [0.25, 0.3) is 0 Å². The zero-order chi connectivity index (χ0) is 13.0. The standard InChI is InChI=1S/C13H12FNO3/c14-10-3-1-2-9(8-10)6-7-15-12-5-4-11(18-12)13(16)17/h1-5,8,15H,6-7H2,(H,16,17). The van der Waals surface area contributed by atoms with E-state index in [1.165, 1.54) is 18.2 Å². The van der Waals surface area contributed by atoms with Gasteiger partial charge in [0.15, 0.2) is 5.88 Å². The largest absolute Gasteiger partial charge is 0.475 e. The molecule has 0 aliphatic carbocycles. The van der Waals surface area contributed by atoms with Crippen LogP contribution < -0.4 is 5.32 Å². The normalized spacial score (nSPS) is 10.3. The second kappa shape index (κ2) is 5.35. The zero-order valence-corrected chi connectivity index (χ0v) is 9.52. The maximum atomic E-state index is 12.9. The number of benzene rings is 1. The lowest BCUT2D eigenvalue weighted by Gasteiger charge is -2.03. The van der Waals surface area contributed by atoms with E-state index in [2.05, 4.69) is 5.32 Å². The fourth-order valence-corrected chi connectivity index (χ4v) is 1.57. The van der Waals surface area contributed by atoms with Gasteiger partial charge in [-0.05, 0) is 30.2 Å². The molecule has 0 spiro atoms. The Morgan fingerprint density at radius 1 is 1.33 bits per heavy atom. The van der Waals surface area contributed by atoms with Crippen molar-refractivity contribution in [2.45, 2.75) is 6.42 Å². The number of halogens is 1. The Morgan fingerprint density at radius 2 is 2.17 bits per heavy atom. The third kappa shape index (κ3) is 3.10. The molecule has 0 unspecified atom stereocenters. The van der Waals surface area contributed by atoms with Gasteiger partial charge < -0.3 is 14.8 Å². The molecule has 18 heavy (non-hydrogen) atoms. The van der Waals surface area contributed by atoms with Crippen molar-refractivity contribution in [3.05, 3.63) is 53.5 Å². The van der Waals surface area contributed by atoms with Crippen molar-refractivity contribution >= 4 is 11.9 Å². The van der Waals surface area contributed by atoms with Crippen LogP contribution in [-0.2, 0) is 6.42 Å². The minimum atomic E-state index is -1.10. The number of hydrogen-bond acceptors (Lipinski definition) is 3. The van der Waals surface area contributed by atoms with Gasteiger partial charge in [-0.25, -0.2) is 9.18 Å². The molecule has 0 aliphatic heterocycles. The van der Waals surface area contributed by atoms with E-state index in [4.69, 9.17) is 9.52 Å². The van der Waals surface area contributed by atoms with Crippen LogP contribution >= 0.6 is 0 Å². The quantitative estimate of drug-likeness (QED) is 0.855. The van der Waals surface area contributed by atoms with Gasteiger partial charge in [0.05, 0.1) is 0 Å². The molecule has 0 aliphatic rings. The van der Waals surface area contributed by atoms with Crippen LogP contribution in [-0.4, -0.2) is 17.6 Å². The van der Waals surface area contributed by atoms with E-state index in [1.807, 2.05) is 6.07 Å². The molecule has 1 aromatic carbocycles. The molecular weight excluding hydrogens is 237 g/mol. The van der Waals surface area contributed by atoms with Crippen LogP contribution in [0.5, 0.6) is 0 Å². The maximum Gasteiger partial charge on any atom is 0.371 e.